The first-order valence-corrected chi connectivity index (χ1v) is 4.12. The first kappa shape index (κ1) is 8.99. The number of carboxylic acid groups (broad SMARTS) is 1. The topological polar surface area (TPSA) is 46.5 Å². The number of carbonyl (C=O) groups is 1. The van der Waals surface area contributed by atoms with E-state index in [-0.39, 0.29) is 11.5 Å². The number of hydrogen-bond donors (Lipinski definition) is 1. The molecule has 0 unspecified atom stereocenters. The second-order valence-corrected chi connectivity index (χ2v) is 2.90. The van der Waals surface area contributed by atoms with Crippen molar-refractivity contribution >= 4 is 17.3 Å². The van der Waals surface area contributed by atoms with Crippen LogP contribution in [0.2, 0.25) is 0 Å². The highest BCUT2D eigenvalue weighted by Crippen LogP contribution is 2.21. The molecule has 0 bridgehead atoms. The highest BCUT2D eigenvalue weighted by atomic mass is 32.1. The molecular weight excluding hydrogens is 183 g/mol. The highest BCUT2D eigenvalue weighted by molar-refractivity contribution is 7.12. The number of alkyl halides is 1. The zero-order valence-electron chi connectivity index (χ0n) is 6.12. The molecule has 1 aromatic heterocycles. The maximum Gasteiger partial charge on any atom is 0.346 e. The van der Waals surface area contributed by atoms with E-state index in [0.29, 0.717) is 5.75 Å². The van der Waals surface area contributed by atoms with E-state index in [2.05, 4.69) is 0 Å². The van der Waals surface area contributed by atoms with Gasteiger partial charge in [0.15, 0.2) is 0 Å². The summed E-state index contributed by atoms with van der Waals surface area (Å²) in [7, 11) is 0. The van der Waals surface area contributed by atoms with Crippen molar-refractivity contribution in [3.63, 3.8) is 0 Å². The first-order valence-electron chi connectivity index (χ1n) is 3.24. The fourth-order valence-electron chi connectivity index (χ4n) is 0.663. The quantitative estimate of drug-likeness (QED) is 0.787. The lowest BCUT2D eigenvalue weighted by Gasteiger charge is -1.96. The first-order chi connectivity index (χ1) is 5.74. The van der Waals surface area contributed by atoms with Gasteiger partial charge in [-0.15, -0.1) is 11.3 Å². The van der Waals surface area contributed by atoms with Crippen molar-refractivity contribution in [1.29, 1.82) is 0 Å². The monoisotopic (exact) mass is 190 g/mol. The van der Waals surface area contributed by atoms with Gasteiger partial charge in [-0.1, -0.05) is 0 Å². The van der Waals surface area contributed by atoms with Crippen LogP contribution in [0.3, 0.4) is 0 Å². The van der Waals surface area contributed by atoms with Gasteiger partial charge in [0.05, 0.1) is 0 Å². The third-order valence-electron chi connectivity index (χ3n) is 1.13. The molecule has 0 aliphatic carbocycles. The molecule has 0 saturated carbocycles. The molecule has 0 aliphatic rings. The van der Waals surface area contributed by atoms with Crippen molar-refractivity contribution in [3.8, 4) is 5.75 Å². The SMILES string of the molecule is O=C(O)c1cc(OCCF)cs1. The molecule has 0 aliphatic heterocycles. The van der Waals surface area contributed by atoms with Crippen LogP contribution in [0.15, 0.2) is 11.4 Å². The normalized spacial score (nSPS) is 9.75. The number of thiophene rings is 1. The molecule has 0 aromatic carbocycles. The van der Waals surface area contributed by atoms with Crippen molar-refractivity contribution in [3.05, 3.63) is 16.3 Å². The van der Waals surface area contributed by atoms with Gasteiger partial charge in [-0.05, 0) is 0 Å². The number of rotatable bonds is 4. The number of hydrogen-bond acceptors (Lipinski definition) is 3. The summed E-state index contributed by atoms with van der Waals surface area (Å²) in [5, 5.41) is 10.0. The van der Waals surface area contributed by atoms with Gasteiger partial charge in [-0.3, -0.25) is 0 Å². The Morgan fingerprint density at radius 3 is 3.00 bits per heavy atom. The summed E-state index contributed by atoms with van der Waals surface area (Å²) in [5.74, 6) is -0.579. The molecule has 0 saturated heterocycles. The summed E-state index contributed by atoms with van der Waals surface area (Å²) in [6, 6.07) is 1.38. The second-order valence-electron chi connectivity index (χ2n) is 1.99. The lowest BCUT2D eigenvalue weighted by atomic mass is 10.4. The molecule has 0 amide bonds. The Morgan fingerprint density at radius 2 is 2.50 bits per heavy atom. The van der Waals surface area contributed by atoms with E-state index in [1.807, 2.05) is 0 Å². The van der Waals surface area contributed by atoms with Gasteiger partial charge in [0, 0.05) is 11.4 Å². The molecule has 12 heavy (non-hydrogen) atoms. The highest BCUT2D eigenvalue weighted by Gasteiger charge is 2.06. The van der Waals surface area contributed by atoms with Crippen molar-refractivity contribution in [2.24, 2.45) is 0 Å². The molecule has 1 aromatic rings. The number of halogens is 1. The third kappa shape index (κ3) is 2.20. The van der Waals surface area contributed by atoms with Crippen LogP contribution >= 0.6 is 11.3 Å². The van der Waals surface area contributed by atoms with Crippen LogP contribution in [0.5, 0.6) is 5.75 Å². The maximum absolute atomic E-state index is 11.6. The van der Waals surface area contributed by atoms with Gasteiger partial charge in [0.1, 0.15) is 23.9 Å². The van der Waals surface area contributed by atoms with E-state index in [9.17, 15) is 9.18 Å². The minimum atomic E-state index is -0.991. The molecule has 1 heterocycles. The molecule has 3 nitrogen and oxygen atoms in total. The average molecular weight is 190 g/mol. The summed E-state index contributed by atoms with van der Waals surface area (Å²) in [6.07, 6.45) is 0. The van der Waals surface area contributed by atoms with Gasteiger partial charge in [0.25, 0.3) is 0 Å². The summed E-state index contributed by atoms with van der Waals surface area (Å²) in [6.45, 7) is -0.603. The molecule has 0 fully saturated rings. The van der Waals surface area contributed by atoms with E-state index >= 15 is 0 Å². The van der Waals surface area contributed by atoms with Crippen molar-refractivity contribution < 1.29 is 19.0 Å². The molecule has 66 valence electrons. The Labute approximate surface area is 72.4 Å². The summed E-state index contributed by atoms with van der Waals surface area (Å²) >= 11 is 1.06. The van der Waals surface area contributed by atoms with Crippen molar-refractivity contribution in [1.82, 2.24) is 0 Å². The van der Waals surface area contributed by atoms with Gasteiger partial charge >= 0.3 is 5.97 Å². The molecule has 5 heteroatoms. The molecule has 0 spiro atoms. The molecule has 1 N–H and O–H groups in total. The maximum atomic E-state index is 11.6. The Morgan fingerprint density at radius 1 is 1.75 bits per heavy atom. The van der Waals surface area contributed by atoms with Gasteiger partial charge in [0.2, 0.25) is 0 Å². The molecule has 1 rings (SSSR count). The lowest BCUT2D eigenvalue weighted by molar-refractivity contribution is 0.0702. The van der Waals surface area contributed by atoms with Crippen LogP contribution in [0.4, 0.5) is 4.39 Å². The molecule has 0 atom stereocenters. The lowest BCUT2D eigenvalue weighted by Crippen LogP contribution is -1.97. The molecular formula is C7H7FO3S. The van der Waals surface area contributed by atoms with Crippen LogP contribution in [-0.4, -0.2) is 24.4 Å². The largest absolute Gasteiger partial charge is 0.490 e. The van der Waals surface area contributed by atoms with E-state index in [1.165, 1.54) is 6.07 Å². The van der Waals surface area contributed by atoms with Crippen LogP contribution in [-0.2, 0) is 0 Å². The standard InChI is InChI=1S/C7H7FO3S/c8-1-2-11-5-3-6(7(9)10)12-4-5/h3-4H,1-2H2,(H,9,10). The average Bonchev–Trinajstić information content (AvgIpc) is 2.48. The third-order valence-corrected chi connectivity index (χ3v) is 2.03. The summed E-state index contributed by atoms with van der Waals surface area (Å²) < 4.78 is 16.5. The Balaban J connectivity index is 2.58. The van der Waals surface area contributed by atoms with Gasteiger partial charge in [-0.2, -0.15) is 0 Å². The Bertz CT molecular complexity index is 271. The minimum absolute atomic E-state index is 0.0320. The van der Waals surface area contributed by atoms with Crippen LogP contribution in [0.1, 0.15) is 9.67 Å². The van der Waals surface area contributed by atoms with Gasteiger partial charge < -0.3 is 9.84 Å². The Kier molecular flexibility index (Phi) is 3.04. The smallest absolute Gasteiger partial charge is 0.346 e. The molecule has 0 radical (unpaired) electrons. The fraction of sp³-hybridized carbons (Fsp3) is 0.286. The van der Waals surface area contributed by atoms with E-state index in [0.717, 1.165) is 11.3 Å². The van der Waals surface area contributed by atoms with Crippen LogP contribution in [0, 0.1) is 0 Å². The predicted octanol–water partition coefficient (Wildman–Crippen LogP) is 1.79. The number of ether oxygens (including phenoxy) is 1. The van der Waals surface area contributed by atoms with Crippen LogP contribution < -0.4 is 4.74 Å². The van der Waals surface area contributed by atoms with E-state index in [4.69, 9.17) is 9.84 Å². The van der Waals surface area contributed by atoms with E-state index in [1.54, 1.807) is 5.38 Å². The minimum Gasteiger partial charge on any atom is -0.490 e. The second kappa shape index (κ2) is 4.06. The zero-order valence-corrected chi connectivity index (χ0v) is 6.94. The predicted molar refractivity (Wildman–Crippen MR) is 42.7 cm³/mol. The summed E-state index contributed by atoms with van der Waals surface area (Å²) in [4.78, 5) is 10.6. The fourth-order valence-corrected chi connectivity index (χ4v) is 1.33. The summed E-state index contributed by atoms with van der Waals surface area (Å²) in [5.41, 5.74) is 0. The zero-order chi connectivity index (χ0) is 8.97. The van der Waals surface area contributed by atoms with Crippen molar-refractivity contribution in [2.45, 2.75) is 0 Å². The number of carboxylic acids is 1. The van der Waals surface area contributed by atoms with Crippen LogP contribution in [0.25, 0.3) is 0 Å². The van der Waals surface area contributed by atoms with E-state index < -0.39 is 12.6 Å². The van der Waals surface area contributed by atoms with Crippen molar-refractivity contribution in [2.75, 3.05) is 13.3 Å². The number of aromatic carboxylic acids is 1. The van der Waals surface area contributed by atoms with Gasteiger partial charge in [-0.25, -0.2) is 9.18 Å². The Hall–Kier alpha value is -1.10.